The van der Waals surface area contributed by atoms with Gasteiger partial charge in [0.15, 0.2) is 6.61 Å². The predicted molar refractivity (Wildman–Crippen MR) is 106 cm³/mol. The van der Waals surface area contributed by atoms with Crippen molar-refractivity contribution < 1.29 is 9.53 Å². The average molecular weight is 351 g/mol. The summed E-state index contributed by atoms with van der Waals surface area (Å²) in [5.41, 5.74) is 5.41. The Morgan fingerprint density at radius 2 is 1.77 bits per heavy atom. The second kappa shape index (κ2) is 7.53. The molecule has 138 valence electrons. The van der Waals surface area contributed by atoms with Crippen LogP contribution >= 0.6 is 0 Å². The second-order valence-electron chi connectivity index (χ2n) is 8.23. The van der Waals surface area contributed by atoms with Gasteiger partial charge in [-0.3, -0.25) is 4.79 Å². The molecule has 0 fully saturated rings. The summed E-state index contributed by atoms with van der Waals surface area (Å²) in [5.74, 6) is 0.622. The maximum absolute atomic E-state index is 12.2. The zero-order valence-electron chi connectivity index (χ0n) is 16.3. The van der Waals surface area contributed by atoms with Gasteiger partial charge in [-0.2, -0.15) is 0 Å². The van der Waals surface area contributed by atoms with Crippen LogP contribution in [0.1, 0.15) is 62.4 Å². The average Bonchev–Trinajstić information content (AvgIpc) is 3.07. The second-order valence-corrected chi connectivity index (χ2v) is 8.23. The predicted octanol–water partition coefficient (Wildman–Crippen LogP) is 4.73. The molecule has 0 saturated carbocycles. The SMILES string of the molecule is C[C@@H](NC(=O)COc1ccc(C(C)(C)C)cc1)c1ccc2c(c1)CCC2. The molecule has 0 radical (unpaired) electrons. The molecule has 26 heavy (non-hydrogen) atoms. The molecule has 3 nitrogen and oxygen atoms in total. The zero-order chi connectivity index (χ0) is 18.7. The Morgan fingerprint density at radius 1 is 1.08 bits per heavy atom. The summed E-state index contributed by atoms with van der Waals surface area (Å²) >= 11 is 0. The number of amides is 1. The van der Waals surface area contributed by atoms with Crippen LogP contribution in [0.4, 0.5) is 0 Å². The number of hydrogen-bond donors (Lipinski definition) is 1. The molecule has 0 unspecified atom stereocenters. The van der Waals surface area contributed by atoms with Gasteiger partial charge in [-0.15, -0.1) is 0 Å². The number of benzene rings is 2. The number of hydrogen-bond acceptors (Lipinski definition) is 2. The van der Waals surface area contributed by atoms with Crippen molar-refractivity contribution in [3.63, 3.8) is 0 Å². The molecule has 0 saturated heterocycles. The van der Waals surface area contributed by atoms with E-state index in [1.807, 2.05) is 19.1 Å². The van der Waals surface area contributed by atoms with Crippen LogP contribution in [0.15, 0.2) is 42.5 Å². The molecule has 2 aromatic rings. The maximum Gasteiger partial charge on any atom is 0.258 e. The highest BCUT2D eigenvalue weighted by molar-refractivity contribution is 5.78. The van der Waals surface area contributed by atoms with Gasteiger partial charge >= 0.3 is 0 Å². The van der Waals surface area contributed by atoms with E-state index in [0.717, 1.165) is 17.7 Å². The molecule has 1 aliphatic rings. The lowest BCUT2D eigenvalue weighted by Crippen LogP contribution is -2.31. The van der Waals surface area contributed by atoms with Crippen molar-refractivity contribution in [1.29, 1.82) is 0 Å². The lowest BCUT2D eigenvalue weighted by atomic mass is 9.87. The van der Waals surface area contributed by atoms with Crippen LogP contribution in [0, 0.1) is 0 Å². The molecule has 3 heteroatoms. The van der Waals surface area contributed by atoms with Crippen molar-refractivity contribution >= 4 is 5.91 Å². The van der Waals surface area contributed by atoms with Crippen molar-refractivity contribution in [1.82, 2.24) is 5.32 Å². The first-order valence-electron chi connectivity index (χ1n) is 9.47. The minimum atomic E-state index is -0.0992. The molecule has 1 atom stereocenters. The summed E-state index contributed by atoms with van der Waals surface area (Å²) in [6, 6.07) is 14.5. The van der Waals surface area contributed by atoms with E-state index < -0.39 is 0 Å². The van der Waals surface area contributed by atoms with Crippen LogP contribution in [-0.4, -0.2) is 12.5 Å². The maximum atomic E-state index is 12.2. The summed E-state index contributed by atoms with van der Waals surface area (Å²) in [6.07, 6.45) is 3.57. The minimum absolute atomic E-state index is 0.0136. The lowest BCUT2D eigenvalue weighted by molar-refractivity contribution is -0.123. The Hall–Kier alpha value is -2.29. The molecule has 0 bridgehead atoms. The van der Waals surface area contributed by atoms with Crippen molar-refractivity contribution in [2.75, 3.05) is 6.61 Å². The number of rotatable bonds is 5. The third-order valence-corrected chi connectivity index (χ3v) is 5.09. The van der Waals surface area contributed by atoms with Crippen LogP contribution in [0.5, 0.6) is 5.75 Å². The number of fused-ring (bicyclic) bond motifs is 1. The molecule has 3 rings (SSSR count). The number of carbonyl (C=O) groups excluding carboxylic acids is 1. The highest BCUT2D eigenvalue weighted by Crippen LogP contribution is 2.26. The smallest absolute Gasteiger partial charge is 0.258 e. The standard InChI is InChI=1S/C23H29NO2/c1-16(18-9-8-17-6-5-7-19(17)14-18)24-22(25)15-26-21-12-10-20(11-13-21)23(2,3)4/h8-14,16H,5-7,15H2,1-4H3,(H,24,25)/t16-/m1/s1. The molecule has 1 aliphatic carbocycles. The van der Waals surface area contributed by atoms with Gasteiger partial charge in [0.05, 0.1) is 6.04 Å². The van der Waals surface area contributed by atoms with Gasteiger partial charge < -0.3 is 10.1 Å². The number of ether oxygens (including phenoxy) is 1. The summed E-state index contributed by atoms with van der Waals surface area (Å²) in [7, 11) is 0. The van der Waals surface area contributed by atoms with Gasteiger partial charge in [0, 0.05) is 0 Å². The van der Waals surface area contributed by atoms with Crippen molar-refractivity contribution in [2.24, 2.45) is 0 Å². The Labute approximate surface area is 156 Å². The van der Waals surface area contributed by atoms with Crippen LogP contribution < -0.4 is 10.1 Å². The number of nitrogens with one attached hydrogen (secondary N) is 1. The van der Waals surface area contributed by atoms with Crippen LogP contribution in [0.2, 0.25) is 0 Å². The topological polar surface area (TPSA) is 38.3 Å². The van der Waals surface area contributed by atoms with E-state index in [9.17, 15) is 4.79 Å². The fraction of sp³-hybridized carbons (Fsp3) is 0.435. The monoisotopic (exact) mass is 351 g/mol. The Bertz CT molecular complexity index is 772. The molecule has 0 aliphatic heterocycles. The normalized spacial score (nSPS) is 14.6. The van der Waals surface area contributed by atoms with Gasteiger partial charge in [-0.25, -0.2) is 0 Å². The molecule has 1 amide bonds. The Morgan fingerprint density at radius 3 is 2.46 bits per heavy atom. The van der Waals surface area contributed by atoms with Gasteiger partial charge in [0.25, 0.3) is 5.91 Å². The fourth-order valence-corrected chi connectivity index (χ4v) is 3.43. The lowest BCUT2D eigenvalue weighted by Gasteiger charge is -2.19. The third kappa shape index (κ3) is 4.46. The third-order valence-electron chi connectivity index (χ3n) is 5.09. The van der Waals surface area contributed by atoms with E-state index in [4.69, 9.17) is 4.74 Å². The van der Waals surface area contributed by atoms with E-state index >= 15 is 0 Å². The summed E-state index contributed by atoms with van der Waals surface area (Å²) in [6.45, 7) is 8.58. The van der Waals surface area contributed by atoms with Crippen molar-refractivity contribution in [3.05, 3.63) is 64.7 Å². The molecular formula is C23H29NO2. The number of aryl methyl sites for hydroxylation is 2. The van der Waals surface area contributed by atoms with Gasteiger partial charge in [0.2, 0.25) is 0 Å². The quantitative estimate of drug-likeness (QED) is 0.846. The van der Waals surface area contributed by atoms with Gasteiger partial charge in [-0.1, -0.05) is 51.1 Å². The fourth-order valence-electron chi connectivity index (χ4n) is 3.43. The molecular weight excluding hydrogens is 322 g/mol. The number of carbonyl (C=O) groups is 1. The molecule has 0 heterocycles. The van der Waals surface area contributed by atoms with E-state index in [1.54, 1.807) is 0 Å². The van der Waals surface area contributed by atoms with E-state index in [-0.39, 0.29) is 24.0 Å². The van der Waals surface area contributed by atoms with Crippen LogP contribution in [0.25, 0.3) is 0 Å². The first-order chi connectivity index (χ1) is 12.3. The van der Waals surface area contributed by atoms with E-state index in [2.05, 4.69) is 56.4 Å². The van der Waals surface area contributed by atoms with E-state index in [0.29, 0.717) is 0 Å². The summed E-state index contributed by atoms with van der Waals surface area (Å²) in [4.78, 5) is 12.2. The van der Waals surface area contributed by atoms with Gasteiger partial charge in [-0.05, 0) is 66.0 Å². The first kappa shape index (κ1) is 18.5. The zero-order valence-corrected chi connectivity index (χ0v) is 16.3. The summed E-state index contributed by atoms with van der Waals surface area (Å²) in [5, 5.41) is 3.03. The molecule has 0 spiro atoms. The van der Waals surface area contributed by atoms with E-state index in [1.165, 1.54) is 29.5 Å². The Kier molecular flexibility index (Phi) is 5.36. The van der Waals surface area contributed by atoms with Crippen molar-refractivity contribution in [2.45, 2.75) is 58.4 Å². The van der Waals surface area contributed by atoms with Crippen LogP contribution in [0.3, 0.4) is 0 Å². The minimum Gasteiger partial charge on any atom is -0.484 e. The summed E-state index contributed by atoms with van der Waals surface area (Å²) < 4.78 is 5.63. The molecule has 1 N–H and O–H groups in total. The first-order valence-corrected chi connectivity index (χ1v) is 9.47. The van der Waals surface area contributed by atoms with Crippen molar-refractivity contribution in [3.8, 4) is 5.75 Å². The van der Waals surface area contributed by atoms with Crippen LogP contribution in [-0.2, 0) is 23.1 Å². The molecule has 0 aromatic heterocycles. The highest BCUT2D eigenvalue weighted by atomic mass is 16.5. The van der Waals surface area contributed by atoms with Gasteiger partial charge in [0.1, 0.15) is 5.75 Å². The molecule has 2 aromatic carbocycles. The highest BCUT2D eigenvalue weighted by Gasteiger charge is 2.16. The Balaban J connectivity index is 1.52. The largest absolute Gasteiger partial charge is 0.484 e.